The van der Waals surface area contributed by atoms with Crippen LogP contribution in [-0.4, -0.2) is 32.1 Å². The van der Waals surface area contributed by atoms with E-state index in [1.54, 1.807) is 6.07 Å². The highest BCUT2D eigenvalue weighted by molar-refractivity contribution is 8.28. The van der Waals surface area contributed by atoms with Crippen LogP contribution in [0.5, 0.6) is 0 Å². The van der Waals surface area contributed by atoms with Crippen LogP contribution in [0.4, 0.5) is 5.69 Å². The van der Waals surface area contributed by atoms with Crippen LogP contribution in [0.2, 0.25) is 0 Å². The molecule has 0 aliphatic carbocycles. The normalized spacial score (nSPS) is 15.9. The number of nitrogens with zero attached hydrogens (tertiary/aromatic N) is 3. The summed E-state index contributed by atoms with van der Waals surface area (Å²) in [5, 5.41) is 0.285. The second-order valence-corrected chi connectivity index (χ2v) is 5.88. The zero-order valence-corrected chi connectivity index (χ0v) is 13.4. The number of carbonyl (C=O) groups is 3. The van der Waals surface area contributed by atoms with Gasteiger partial charge in [-0.3, -0.25) is 24.8 Å². The summed E-state index contributed by atoms with van der Waals surface area (Å²) in [7, 11) is 0. The van der Waals surface area contributed by atoms with Gasteiger partial charge in [-0.15, -0.1) is 0 Å². The number of aliphatic imine (C=N–C) groups is 1. The topological polar surface area (TPSA) is 91.7 Å². The Hall–Kier alpha value is -3.00. The zero-order chi connectivity index (χ0) is 17.1. The van der Waals surface area contributed by atoms with Crippen molar-refractivity contribution in [2.45, 2.75) is 6.92 Å². The average molecular weight is 340 g/mol. The van der Waals surface area contributed by atoms with Crippen molar-refractivity contribution in [2.75, 3.05) is 0 Å². The molecule has 1 aromatic heterocycles. The Morgan fingerprint density at radius 3 is 2.67 bits per heavy atom. The van der Waals surface area contributed by atoms with Crippen LogP contribution in [0.25, 0.3) is 0 Å². The van der Waals surface area contributed by atoms with E-state index < -0.39 is 16.9 Å². The van der Waals surface area contributed by atoms with Gasteiger partial charge in [0.2, 0.25) is 0 Å². The summed E-state index contributed by atoms with van der Waals surface area (Å²) in [5.74, 6) is -1.37. The van der Waals surface area contributed by atoms with Crippen molar-refractivity contribution in [2.24, 2.45) is 4.99 Å². The molecule has 1 N–H and O–H groups in total. The third-order valence-corrected chi connectivity index (χ3v) is 3.95. The van der Waals surface area contributed by atoms with Gasteiger partial charge in [0, 0.05) is 18.0 Å². The summed E-state index contributed by atoms with van der Waals surface area (Å²) in [4.78, 5) is 44.0. The van der Waals surface area contributed by atoms with Crippen LogP contribution in [0.1, 0.15) is 15.9 Å². The number of hydrogen-bond acceptors (Lipinski definition) is 6. The van der Waals surface area contributed by atoms with Crippen LogP contribution in [0, 0.1) is 6.92 Å². The number of hydrogen-bond donors (Lipinski definition) is 1. The average Bonchev–Trinajstić information content (AvgIpc) is 2.83. The molecular weight excluding hydrogens is 328 g/mol. The Balaban J connectivity index is 1.87. The van der Waals surface area contributed by atoms with Gasteiger partial charge in [-0.25, -0.2) is 4.99 Å². The van der Waals surface area contributed by atoms with Crippen LogP contribution in [0.15, 0.2) is 53.8 Å². The van der Waals surface area contributed by atoms with E-state index in [4.69, 9.17) is 0 Å². The van der Waals surface area contributed by atoms with Gasteiger partial charge in [0.05, 0.1) is 5.69 Å². The molecular formula is C16H12N4O3S. The molecule has 2 amide bonds. The van der Waals surface area contributed by atoms with Gasteiger partial charge in [-0.1, -0.05) is 12.1 Å². The number of amidine groups is 1. The van der Waals surface area contributed by atoms with Gasteiger partial charge < -0.3 is 0 Å². The minimum atomic E-state index is -0.839. The van der Waals surface area contributed by atoms with Crippen molar-refractivity contribution in [1.82, 2.24) is 15.4 Å². The Morgan fingerprint density at radius 2 is 1.96 bits per heavy atom. The first-order chi connectivity index (χ1) is 11.5. The molecule has 1 aliphatic rings. The summed E-state index contributed by atoms with van der Waals surface area (Å²) in [6.45, 7) is 1.91. The van der Waals surface area contributed by atoms with Gasteiger partial charge in [0.25, 0.3) is 11.0 Å². The maximum atomic E-state index is 12.2. The lowest BCUT2D eigenvalue weighted by molar-refractivity contribution is -0.137. The van der Waals surface area contributed by atoms with E-state index in [0.29, 0.717) is 23.0 Å². The van der Waals surface area contributed by atoms with E-state index in [-0.39, 0.29) is 5.17 Å². The van der Waals surface area contributed by atoms with Crippen molar-refractivity contribution >= 4 is 39.5 Å². The van der Waals surface area contributed by atoms with Crippen molar-refractivity contribution < 1.29 is 14.4 Å². The molecule has 0 spiro atoms. The molecule has 0 saturated carbocycles. The number of nitrogens with one attached hydrogen (secondary N) is 1. The van der Waals surface area contributed by atoms with Crippen molar-refractivity contribution in [1.29, 1.82) is 0 Å². The van der Waals surface area contributed by atoms with Crippen LogP contribution < -0.4 is 5.43 Å². The van der Waals surface area contributed by atoms with Crippen LogP contribution in [-0.2, 0) is 9.59 Å². The Labute approximate surface area is 141 Å². The third-order valence-electron chi connectivity index (χ3n) is 3.14. The number of benzene rings is 1. The number of pyridine rings is 1. The molecule has 120 valence electrons. The van der Waals surface area contributed by atoms with Gasteiger partial charge in [0.1, 0.15) is 0 Å². The molecule has 2 aromatic rings. The first-order valence-corrected chi connectivity index (χ1v) is 7.79. The fourth-order valence-corrected chi connectivity index (χ4v) is 2.71. The van der Waals surface area contributed by atoms with Crippen LogP contribution >= 0.6 is 11.8 Å². The molecule has 8 heteroatoms. The molecule has 0 bridgehead atoms. The molecule has 1 aromatic carbocycles. The second kappa shape index (κ2) is 6.63. The monoisotopic (exact) mass is 340 g/mol. The first kappa shape index (κ1) is 15.9. The summed E-state index contributed by atoms with van der Waals surface area (Å²) >= 11 is 0.680. The number of aryl methyl sites for hydroxylation is 1. The zero-order valence-electron chi connectivity index (χ0n) is 12.6. The second-order valence-electron chi connectivity index (χ2n) is 4.94. The molecule has 7 nitrogen and oxygen atoms in total. The summed E-state index contributed by atoms with van der Waals surface area (Å²) in [6, 6.07) is 10.3. The number of aromatic nitrogens is 1. The van der Waals surface area contributed by atoms with Gasteiger partial charge >= 0.3 is 5.91 Å². The lowest BCUT2D eigenvalue weighted by Gasteiger charge is -2.16. The van der Waals surface area contributed by atoms with Crippen molar-refractivity contribution in [3.63, 3.8) is 0 Å². The van der Waals surface area contributed by atoms with Crippen molar-refractivity contribution in [3.05, 3.63) is 59.9 Å². The SMILES string of the molecule is Cc1cccc(N=C2SC(=O)C(=O)N2NC(=O)c2ccncc2)c1. The summed E-state index contributed by atoms with van der Waals surface area (Å²) in [6.07, 6.45) is 2.92. The highest BCUT2D eigenvalue weighted by Crippen LogP contribution is 2.24. The van der Waals surface area contributed by atoms with E-state index in [9.17, 15) is 14.4 Å². The lowest BCUT2D eigenvalue weighted by Crippen LogP contribution is -2.46. The maximum absolute atomic E-state index is 12.2. The lowest BCUT2D eigenvalue weighted by atomic mass is 10.2. The number of carbonyl (C=O) groups excluding carboxylic acids is 3. The molecule has 24 heavy (non-hydrogen) atoms. The molecule has 0 unspecified atom stereocenters. The number of rotatable bonds is 3. The number of amides is 2. The van der Waals surface area contributed by atoms with E-state index >= 15 is 0 Å². The molecule has 0 atom stereocenters. The number of thioether (sulfide) groups is 1. The quantitative estimate of drug-likeness (QED) is 0.861. The fraction of sp³-hybridized carbons (Fsp3) is 0.0625. The maximum Gasteiger partial charge on any atom is 0.326 e. The Bertz CT molecular complexity index is 851. The van der Waals surface area contributed by atoms with E-state index in [2.05, 4.69) is 15.4 Å². The Morgan fingerprint density at radius 1 is 1.21 bits per heavy atom. The molecule has 1 aliphatic heterocycles. The summed E-state index contributed by atoms with van der Waals surface area (Å²) in [5.41, 5.74) is 4.30. The van der Waals surface area contributed by atoms with E-state index in [1.165, 1.54) is 24.5 Å². The van der Waals surface area contributed by atoms with E-state index in [0.717, 1.165) is 10.6 Å². The predicted molar refractivity (Wildman–Crippen MR) is 89.4 cm³/mol. The highest BCUT2D eigenvalue weighted by Gasteiger charge is 2.38. The molecule has 2 heterocycles. The number of hydrazine groups is 1. The smallest absolute Gasteiger partial charge is 0.275 e. The fourth-order valence-electron chi connectivity index (χ4n) is 2.00. The predicted octanol–water partition coefficient (Wildman–Crippen LogP) is 1.82. The molecule has 3 rings (SSSR count). The molecule has 0 radical (unpaired) electrons. The first-order valence-electron chi connectivity index (χ1n) is 6.97. The highest BCUT2D eigenvalue weighted by atomic mass is 32.2. The largest absolute Gasteiger partial charge is 0.326 e. The van der Waals surface area contributed by atoms with E-state index in [1.807, 2.05) is 25.1 Å². The minimum Gasteiger partial charge on any atom is -0.275 e. The van der Waals surface area contributed by atoms with Gasteiger partial charge in [0.15, 0.2) is 5.17 Å². The molecule has 1 fully saturated rings. The van der Waals surface area contributed by atoms with Gasteiger partial charge in [-0.2, -0.15) is 5.01 Å². The summed E-state index contributed by atoms with van der Waals surface area (Å²) < 4.78 is 0. The van der Waals surface area contributed by atoms with Crippen LogP contribution in [0.3, 0.4) is 0 Å². The van der Waals surface area contributed by atoms with Gasteiger partial charge in [-0.05, 0) is 48.5 Å². The third kappa shape index (κ3) is 3.33. The minimum absolute atomic E-state index is 0.109. The standard InChI is InChI=1S/C16H12N4O3S/c1-10-3-2-4-12(9-10)18-16-20(14(22)15(23)24-16)19-13(21)11-5-7-17-8-6-11/h2-9H,1H3,(H,19,21). The van der Waals surface area contributed by atoms with Crippen molar-refractivity contribution in [3.8, 4) is 0 Å². The Kier molecular flexibility index (Phi) is 4.39. The molecule has 1 saturated heterocycles.